The van der Waals surface area contributed by atoms with Gasteiger partial charge in [-0.15, -0.1) is 0 Å². The number of rotatable bonds is 5. The number of halogens is 2. The number of carbonyl (C=O) groups excluding carboxylic acids is 3. The predicted molar refractivity (Wildman–Crippen MR) is 123 cm³/mol. The monoisotopic (exact) mass is 474 g/mol. The van der Waals surface area contributed by atoms with Crippen molar-refractivity contribution in [2.75, 3.05) is 23.9 Å². The van der Waals surface area contributed by atoms with Crippen LogP contribution < -0.4 is 16.1 Å². The van der Waals surface area contributed by atoms with Gasteiger partial charge in [-0.2, -0.15) is 0 Å². The largest absolute Gasteiger partial charge is 0.376 e. The molecule has 0 bridgehead atoms. The van der Waals surface area contributed by atoms with Crippen LogP contribution in [0.25, 0.3) is 10.9 Å². The highest BCUT2D eigenvalue weighted by molar-refractivity contribution is 6.38. The molecular formula is C22H20Cl2N4O4. The van der Waals surface area contributed by atoms with E-state index in [0.29, 0.717) is 33.2 Å². The van der Waals surface area contributed by atoms with E-state index in [2.05, 4.69) is 16.1 Å². The van der Waals surface area contributed by atoms with Crippen molar-refractivity contribution in [2.45, 2.75) is 18.9 Å². The van der Waals surface area contributed by atoms with E-state index >= 15 is 0 Å². The van der Waals surface area contributed by atoms with Gasteiger partial charge >= 0.3 is 11.8 Å². The van der Waals surface area contributed by atoms with Crippen LogP contribution in [0.5, 0.6) is 0 Å². The van der Waals surface area contributed by atoms with Crippen LogP contribution in [-0.4, -0.2) is 41.7 Å². The molecule has 10 heteroatoms. The van der Waals surface area contributed by atoms with E-state index in [0.717, 1.165) is 12.8 Å². The number of hydrogen-bond acceptors (Lipinski definition) is 4. The Morgan fingerprint density at radius 3 is 2.62 bits per heavy atom. The molecule has 1 aliphatic heterocycles. The molecule has 0 radical (unpaired) electrons. The van der Waals surface area contributed by atoms with Crippen molar-refractivity contribution in [3.8, 4) is 0 Å². The normalized spacial score (nSPS) is 15.5. The van der Waals surface area contributed by atoms with Gasteiger partial charge in [0.25, 0.3) is 5.91 Å². The average molecular weight is 475 g/mol. The molecule has 1 atom stereocenters. The molecule has 8 nitrogen and oxygen atoms in total. The Kier molecular flexibility index (Phi) is 6.64. The van der Waals surface area contributed by atoms with E-state index in [9.17, 15) is 14.4 Å². The van der Waals surface area contributed by atoms with Gasteiger partial charge in [0.05, 0.1) is 22.3 Å². The molecule has 1 aliphatic rings. The minimum absolute atomic E-state index is 0.0988. The van der Waals surface area contributed by atoms with E-state index in [1.165, 1.54) is 4.68 Å². The van der Waals surface area contributed by atoms with Gasteiger partial charge in [0.1, 0.15) is 5.69 Å². The standard InChI is InChI=1S/C22H20Cl2N4O4/c23-14-7-8-18-13(10-14)11-19(20(29)26-17-6-2-1-5-16(17)24)28(18)27-22(31)21(30)25-12-15-4-3-9-32-15/h1-2,5-8,10-11,15H,3-4,9,12H2,(H,25,30)(H,26,29)(H,27,31)/t15-/m0/s1. The minimum Gasteiger partial charge on any atom is -0.376 e. The fraction of sp³-hybridized carbons (Fsp3) is 0.227. The van der Waals surface area contributed by atoms with Crippen LogP contribution in [0.1, 0.15) is 23.3 Å². The number of benzene rings is 2. The van der Waals surface area contributed by atoms with Gasteiger partial charge in [-0.1, -0.05) is 35.3 Å². The smallest absolute Gasteiger partial charge is 0.328 e. The number of fused-ring (bicyclic) bond motifs is 1. The van der Waals surface area contributed by atoms with Crippen molar-refractivity contribution in [1.29, 1.82) is 0 Å². The SMILES string of the molecule is O=C(NC[C@@H]1CCCO1)C(=O)Nn1c(C(=O)Nc2ccccc2Cl)cc2cc(Cl)ccc21. The molecule has 3 aromatic rings. The van der Waals surface area contributed by atoms with Crippen LogP contribution in [0.2, 0.25) is 10.0 Å². The molecule has 1 saturated heterocycles. The zero-order valence-corrected chi connectivity index (χ0v) is 18.4. The van der Waals surface area contributed by atoms with E-state index in [1.54, 1.807) is 48.5 Å². The Hall–Kier alpha value is -3.07. The van der Waals surface area contributed by atoms with Gasteiger partial charge < -0.3 is 15.4 Å². The first-order valence-electron chi connectivity index (χ1n) is 10.00. The van der Waals surface area contributed by atoms with Crippen molar-refractivity contribution in [3.05, 3.63) is 64.3 Å². The van der Waals surface area contributed by atoms with E-state index in [4.69, 9.17) is 27.9 Å². The van der Waals surface area contributed by atoms with Crippen molar-refractivity contribution in [1.82, 2.24) is 9.99 Å². The van der Waals surface area contributed by atoms with Crippen LogP contribution in [0.15, 0.2) is 48.5 Å². The lowest BCUT2D eigenvalue weighted by Crippen LogP contribution is -2.42. The van der Waals surface area contributed by atoms with Crippen molar-refractivity contribution in [2.24, 2.45) is 0 Å². The Morgan fingerprint density at radius 2 is 1.88 bits per heavy atom. The molecule has 166 valence electrons. The average Bonchev–Trinajstić information content (AvgIpc) is 3.41. The molecule has 0 aliphatic carbocycles. The number of para-hydroxylation sites is 1. The van der Waals surface area contributed by atoms with Crippen LogP contribution in [0, 0.1) is 0 Å². The molecule has 0 spiro atoms. The highest BCUT2D eigenvalue weighted by Gasteiger charge is 2.23. The molecule has 0 saturated carbocycles. The van der Waals surface area contributed by atoms with Gasteiger partial charge in [0.2, 0.25) is 0 Å². The predicted octanol–water partition coefficient (Wildman–Crippen LogP) is 3.57. The summed E-state index contributed by atoms with van der Waals surface area (Å²) in [6.07, 6.45) is 1.66. The number of aromatic nitrogens is 1. The Labute approximate surface area is 193 Å². The summed E-state index contributed by atoms with van der Waals surface area (Å²) in [4.78, 5) is 37.9. The highest BCUT2D eigenvalue weighted by atomic mass is 35.5. The highest BCUT2D eigenvalue weighted by Crippen LogP contribution is 2.25. The Bertz CT molecular complexity index is 1190. The summed E-state index contributed by atoms with van der Waals surface area (Å²) in [6.45, 7) is 0.892. The maximum absolute atomic E-state index is 13.0. The van der Waals surface area contributed by atoms with E-state index in [-0.39, 0.29) is 18.3 Å². The molecule has 0 unspecified atom stereocenters. The fourth-order valence-electron chi connectivity index (χ4n) is 3.47. The van der Waals surface area contributed by atoms with Gasteiger partial charge in [0, 0.05) is 23.6 Å². The third-order valence-corrected chi connectivity index (χ3v) is 5.62. The minimum atomic E-state index is -0.915. The number of hydrogen-bond donors (Lipinski definition) is 3. The number of nitrogens with one attached hydrogen (secondary N) is 3. The molecule has 2 heterocycles. The van der Waals surface area contributed by atoms with Crippen molar-refractivity contribution < 1.29 is 19.1 Å². The lowest BCUT2D eigenvalue weighted by Gasteiger charge is -2.14. The summed E-state index contributed by atoms with van der Waals surface area (Å²) in [5.74, 6) is -2.26. The molecule has 32 heavy (non-hydrogen) atoms. The maximum atomic E-state index is 13.0. The second kappa shape index (κ2) is 9.60. The lowest BCUT2D eigenvalue weighted by atomic mass is 10.2. The summed E-state index contributed by atoms with van der Waals surface area (Å²) >= 11 is 12.2. The van der Waals surface area contributed by atoms with Crippen LogP contribution in [0.4, 0.5) is 5.69 Å². The molecule has 2 aromatic carbocycles. The Balaban J connectivity index is 1.57. The van der Waals surface area contributed by atoms with Gasteiger partial charge in [0.15, 0.2) is 0 Å². The summed E-state index contributed by atoms with van der Waals surface area (Å²) < 4.78 is 6.70. The summed E-state index contributed by atoms with van der Waals surface area (Å²) in [5.41, 5.74) is 3.51. The number of anilines is 1. The topological polar surface area (TPSA) is 101 Å². The zero-order chi connectivity index (χ0) is 22.7. The summed E-state index contributed by atoms with van der Waals surface area (Å²) in [5, 5.41) is 6.72. The van der Waals surface area contributed by atoms with E-state index < -0.39 is 17.7 Å². The quantitative estimate of drug-likeness (QED) is 0.492. The second-order valence-electron chi connectivity index (χ2n) is 7.29. The maximum Gasteiger partial charge on any atom is 0.328 e. The number of carbonyl (C=O) groups is 3. The zero-order valence-electron chi connectivity index (χ0n) is 16.9. The van der Waals surface area contributed by atoms with Gasteiger partial charge in [-0.05, 0) is 49.2 Å². The van der Waals surface area contributed by atoms with E-state index in [1.807, 2.05) is 0 Å². The Morgan fingerprint density at radius 1 is 1.06 bits per heavy atom. The number of nitrogens with zero attached hydrogens (tertiary/aromatic N) is 1. The lowest BCUT2D eigenvalue weighted by molar-refractivity contribution is -0.136. The molecule has 1 fully saturated rings. The van der Waals surface area contributed by atoms with Crippen LogP contribution >= 0.6 is 23.2 Å². The van der Waals surface area contributed by atoms with Crippen LogP contribution in [0.3, 0.4) is 0 Å². The molecule has 1 aromatic heterocycles. The first-order chi connectivity index (χ1) is 15.4. The molecule has 3 N–H and O–H groups in total. The van der Waals surface area contributed by atoms with Gasteiger partial charge in [-0.25, -0.2) is 4.68 Å². The van der Waals surface area contributed by atoms with Crippen LogP contribution in [-0.2, 0) is 14.3 Å². The number of amides is 3. The van der Waals surface area contributed by atoms with Gasteiger partial charge in [-0.3, -0.25) is 19.8 Å². The summed E-state index contributed by atoms with van der Waals surface area (Å²) in [7, 11) is 0. The molecular weight excluding hydrogens is 455 g/mol. The van der Waals surface area contributed by atoms with Crippen molar-refractivity contribution in [3.63, 3.8) is 0 Å². The molecule has 4 rings (SSSR count). The third-order valence-electron chi connectivity index (χ3n) is 5.05. The second-order valence-corrected chi connectivity index (χ2v) is 8.13. The fourth-order valence-corrected chi connectivity index (χ4v) is 3.83. The molecule has 3 amide bonds. The first-order valence-corrected chi connectivity index (χ1v) is 10.8. The third kappa shape index (κ3) is 4.88. The van der Waals surface area contributed by atoms with Crippen molar-refractivity contribution >= 4 is 57.5 Å². The first kappa shape index (κ1) is 22.1. The summed E-state index contributed by atoms with van der Waals surface area (Å²) in [6, 6.07) is 13.3. The number of ether oxygens (including phenoxy) is 1.